The van der Waals surface area contributed by atoms with E-state index in [-0.39, 0.29) is 5.82 Å². The van der Waals surface area contributed by atoms with Crippen molar-refractivity contribution in [2.45, 2.75) is 13.5 Å². The second-order valence-corrected chi connectivity index (χ2v) is 4.84. The van der Waals surface area contributed by atoms with E-state index in [1.807, 2.05) is 35.8 Å². The fraction of sp³-hybridized carbons (Fsp3) is 0.188. The minimum absolute atomic E-state index is 0.243. The molecule has 0 atom stereocenters. The molecule has 0 saturated carbocycles. The highest BCUT2D eigenvalue weighted by molar-refractivity contribution is 5.47. The summed E-state index contributed by atoms with van der Waals surface area (Å²) in [6.45, 7) is 2.33. The highest BCUT2D eigenvalue weighted by Crippen LogP contribution is 2.27. The summed E-state index contributed by atoms with van der Waals surface area (Å²) in [5, 5.41) is 3.11. The summed E-state index contributed by atoms with van der Waals surface area (Å²) in [6.07, 6.45) is 1.94. The summed E-state index contributed by atoms with van der Waals surface area (Å²) < 4.78 is 21.1. The number of halogens is 1. The molecule has 2 aromatic heterocycles. The molecule has 0 aliphatic heterocycles. The number of rotatable bonds is 4. The Labute approximate surface area is 122 Å². The van der Waals surface area contributed by atoms with E-state index in [2.05, 4.69) is 10.3 Å². The van der Waals surface area contributed by atoms with E-state index >= 15 is 0 Å². The Morgan fingerprint density at radius 2 is 2.14 bits per heavy atom. The van der Waals surface area contributed by atoms with E-state index in [1.54, 1.807) is 19.1 Å². The van der Waals surface area contributed by atoms with E-state index in [9.17, 15) is 4.39 Å². The Hall–Kier alpha value is -2.40. The number of hydrogen-bond donors (Lipinski definition) is 1. The Balaban J connectivity index is 2.02. The Kier molecular flexibility index (Phi) is 3.58. The van der Waals surface area contributed by atoms with Crippen molar-refractivity contribution in [1.29, 1.82) is 0 Å². The largest absolute Gasteiger partial charge is 0.437 e. The van der Waals surface area contributed by atoms with Crippen molar-refractivity contribution in [2.75, 3.05) is 7.05 Å². The number of imidazole rings is 1. The van der Waals surface area contributed by atoms with Gasteiger partial charge in [0.05, 0.1) is 0 Å². The number of benzene rings is 1. The number of ether oxygens (including phenoxy) is 1. The van der Waals surface area contributed by atoms with Crippen LogP contribution in [0.2, 0.25) is 0 Å². The van der Waals surface area contributed by atoms with Gasteiger partial charge in [0.1, 0.15) is 22.9 Å². The number of nitrogens with one attached hydrogen (secondary N) is 1. The smallest absolute Gasteiger partial charge is 0.242 e. The highest BCUT2D eigenvalue weighted by atomic mass is 19.1. The van der Waals surface area contributed by atoms with E-state index < -0.39 is 0 Å². The van der Waals surface area contributed by atoms with Gasteiger partial charge in [0.25, 0.3) is 0 Å². The summed E-state index contributed by atoms with van der Waals surface area (Å²) in [5.74, 6) is 0.865. The van der Waals surface area contributed by atoms with Gasteiger partial charge in [0, 0.05) is 12.7 Å². The van der Waals surface area contributed by atoms with Crippen LogP contribution in [0.25, 0.3) is 5.65 Å². The van der Waals surface area contributed by atoms with Crippen LogP contribution < -0.4 is 10.1 Å². The van der Waals surface area contributed by atoms with Gasteiger partial charge in [-0.1, -0.05) is 6.07 Å². The quantitative estimate of drug-likeness (QED) is 0.799. The van der Waals surface area contributed by atoms with Gasteiger partial charge in [-0.15, -0.1) is 0 Å². The maximum atomic E-state index is 13.3. The van der Waals surface area contributed by atoms with Crippen molar-refractivity contribution < 1.29 is 9.13 Å². The molecule has 21 heavy (non-hydrogen) atoms. The predicted octanol–water partition coefficient (Wildman–Crippen LogP) is 3.29. The SMILES string of the molecule is CNCc1c(Oc2ccc(F)c(C)c2)nc2ccccn12. The van der Waals surface area contributed by atoms with Crippen molar-refractivity contribution in [1.82, 2.24) is 14.7 Å². The Morgan fingerprint density at radius 1 is 1.29 bits per heavy atom. The third-order valence-corrected chi connectivity index (χ3v) is 3.28. The zero-order valence-electron chi connectivity index (χ0n) is 11.9. The first-order chi connectivity index (χ1) is 10.2. The summed E-state index contributed by atoms with van der Waals surface area (Å²) in [7, 11) is 1.87. The predicted molar refractivity (Wildman–Crippen MR) is 79.2 cm³/mol. The molecule has 5 heteroatoms. The molecule has 0 unspecified atom stereocenters. The molecule has 0 radical (unpaired) electrons. The summed E-state index contributed by atoms with van der Waals surface area (Å²) in [5.41, 5.74) is 2.29. The summed E-state index contributed by atoms with van der Waals surface area (Å²) in [4.78, 5) is 4.49. The monoisotopic (exact) mass is 285 g/mol. The van der Waals surface area contributed by atoms with Crippen molar-refractivity contribution in [2.24, 2.45) is 0 Å². The number of hydrogen-bond acceptors (Lipinski definition) is 3. The standard InChI is InChI=1S/C16H16FN3O/c1-11-9-12(6-7-13(11)17)21-16-14(10-18-2)20-8-4-3-5-15(20)19-16/h3-9,18H,10H2,1-2H3. The second-order valence-electron chi connectivity index (χ2n) is 4.84. The number of aromatic nitrogens is 2. The fourth-order valence-electron chi connectivity index (χ4n) is 2.23. The first-order valence-electron chi connectivity index (χ1n) is 6.73. The number of nitrogens with zero attached hydrogens (tertiary/aromatic N) is 2. The average molecular weight is 285 g/mol. The van der Waals surface area contributed by atoms with Crippen LogP contribution in [0.4, 0.5) is 4.39 Å². The molecule has 0 aliphatic carbocycles. The molecule has 3 aromatic rings. The van der Waals surface area contributed by atoms with Crippen LogP contribution >= 0.6 is 0 Å². The van der Waals surface area contributed by atoms with Crippen molar-refractivity contribution in [3.05, 3.63) is 59.7 Å². The molecule has 0 aliphatic rings. The van der Waals surface area contributed by atoms with E-state index in [0.717, 1.165) is 11.3 Å². The lowest BCUT2D eigenvalue weighted by molar-refractivity contribution is 0.455. The third-order valence-electron chi connectivity index (χ3n) is 3.28. The van der Waals surface area contributed by atoms with Gasteiger partial charge < -0.3 is 10.1 Å². The molecule has 0 spiro atoms. The molecule has 0 amide bonds. The minimum atomic E-state index is -0.243. The number of pyridine rings is 1. The zero-order chi connectivity index (χ0) is 14.8. The molecule has 3 rings (SSSR count). The van der Waals surface area contributed by atoms with Gasteiger partial charge >= 0.3 is 0 Å². The van der Waals surface area contributed by atoms with E-state index in [4.69, 9.17) is 4.74 Å². The summed E-state index contributed by atoms with van der Waals surface area (Å²) in [6, 6.07) is 10.5. The third kappa shape index (κ3) is 2.60. The van der Waals surface area contributed by atoms with Crippen molar-refractivity contribution >= 4 is 5.65 Å². The number of aryl methyl sites for hydroxylation is 1. The normalized spacial score (nSPS) is 11.0. The maximum absolute atomic E-state index is 13.3. The van der Waals surface area contributed by atoms with Crippen LogP contribution in [0.5, 0.6) is 11.6 Å². The molecule has 1 aromatic carbocycles. The first-order valence-corrected chi connectivity index (χ1v) is 6.73. The summed E-state index contributed by atoms with van der Waals surface area (Å²) >= 11 is 0. The zero-order valence-corrected chi connectivity index (χ0v) is 11.9. The van der Waals surface area contributed by atoms with Crippen LogP contribution in [-0.4, -0.2) is 16.4 Å². The first kappa shape index (κ1) is 13.6. The molecular weight excluding hydrogens is 269 g/mol. The molecular formula is C16H16FN3O. The van der Waals surface area contributed by atoms with Crippen molar-refractivity contribution in [3.63, 3.8) is 0 Å². The Morgan fingerprint density at radius 3 is 2.90 bits per heavy atom. The lowest BCUT2D eigenvalue weighted by Crippen LogP contribution is -2.08. The fourth-order valence-corrected chi connectivity index (χ4v) is 2.23. The Bertz CT molecular complexity index is 782. The molecule has 108 valence electrons. The molecule has 2 heterocycles. The van der Waals surface area contributed by atoms with Gasteiger partial charge in [0.15, 0.2) is 0 Å². The average Bonchev–Trinajstić information content (AvgIpc) is 2.81. The molecule has 0 saturated heterocycles. The van der Waals surface area contributed by atoms with Gasteiger partial charge in [0.2, 0.25) is 5.88 Å². The van der Waals surface area contributed by atoms with Gasteiger partial charge in [-0.25, -0.2) is 4.39 Å². The maximum Gasteiger partial charge on any atom is 0.242 e. The molecule has 4 nitrogen and oxygen atoms in total. The van der Waals surface area contributed by atoms with Gasteiger partial charge in [-0.3, -0.25) is 4.40 Å². The van der Waals surface area contributed by atoms with Crippen LogP contribution in [0, 0.1) is 12.7 Å². The second kappa shape index (κ2) is 5.54. The van der Waals surface area contributed by atoms with E-state index in [1.165, 1.54) is 6.07 Å². The molecule has 0 bridgehead atoms. The van der Waals surface area contributed by atoms with Gasteiger partial charge in [-0.2, -0.15) is 4.98 Å². The van der Waals surface area contributed by atoms with Crippen LogP contribution in [0.15, 0.2) is 42.6 Å². The highest BCUT2D eigenvalue weighted by Gasteiger charge is 2.13. The minimum Gasteiger partial charge on any atom is -0.437 e. The van der Waals surface area contributed by atoms with Crippen LogP contribution in [-0.2, 0) is 6.54 Å². The van der Waals surface area contributed by atoms with Gasteiger partial charge in [-0.05, 0) is 49.9 Å². The van der Waals surface area contributed by atoms with Crippen molar-refractivity contribution in [3.8, 4) is 11.6 Å². The van der Waals surface area contributed by atoms with Crippen LogP contribution in [0.1, 0.15) is 11.3 Å². The topological polar surface area (TPSA) is 38.6 Å². The number of fused-ring (bicyclic) bond motifs is 1. The lowest BCUT2D eigenvalue weighted by atomic mass is 10.2. The van der Waals surface area contributed by atoms with E-state index in [0.29, 0.717) is 23.7 Å². The molecule has 0 fully saturated rings. The lowest BCUT2D eigenvalue weighted by Gasteiger charge is -2.07. The van der Waals surface area contributed by atoms with Crippen LogP contribution in [0.3, 0.4) is 0 Å². The molecule has 1 N–H and O–H groups in total.